The predicted octanol–water partition coefficient (Wildman–Crippen LogP) is 4.54. The molecule has 1 saturated carbocycles. The molecule has 1 fully saturated rings. The highest BCUT2D eigenvalue weighted by molar-refractivity contribution is 7.90. The third-order valence-electron chi connectivity index (χ3n) is 4.86. The van der Waals surface area contributed by atoms with E-state index in [9.17, 15) is 8.42 Å². The molecule has 4 rings (SSSR count). The first-order chi connectivity index (χ1) is 14.0. The standard InChI is InChI=1S/C21H23N3O3S2/c1-29(25,26)18-10-8-15(9-11-18)21-23-19(22-14-17-7-4-12-28-17)13-20(24-21)27-16-5-2-3-6-16/h4,7-13,16H,2-3,5-6,14H2,1H3,(H,22,23,24). The number of ether oxygens (including phenoxy) is 1. The zero-order valence-electron chi connectivity index (χ0n) is 16.2. The molecule has 1 aliphatic carbocycles. The number of benzene rings is 1. The summed E-state index contributed by atoms with van der Waals surface area (Å²) in [6.45, 7) is 0.671. The lowest BCUT2D eigenvalue weighted by Gasteiger charge is -2.15. The molecule has 0 atom stereocenters. The fourth-order valence-electron chi connectivity index (χ4n) is 3.32. The molecule has 2 aromatic heterocycles. The lowest BCUT2D eigenvalue weighted by molar-refractivity contribution is 0.201. The Morgan fingerprint density at radius 1 is 1.14 bits per heavy atom. The number of hydrogen-bond acceptors (Lipinski definition) is 7. The van der Waals surface area contributed by atoms with E-state index in [1.54, 1.807) is 35.6 Å². The second-order valence-corrected chi connectivity index (χ2v) is 10.2. The van der Waals surface area contributed by atoms with Crippen LogP contribution in [0.5, 0.6) is 5.88 Å². The average molecular weight is 430 g/mol. The Hall–Kier alpha value is -2.45. The fourth-order valence-corrected chi connectivity index (χ4v) is 4.60. The van der Waals surface area contributed by atoms with Gasteiger partial charge in [-0.15, -0.1) is 11.3 Å². The van der Waals surface area contributed by atoms with E-state index in [1.165, 1.54) is 24.0 Å². The van der Waals surface area contributed by atoms with Gasteiger partial charge < -0.3 is 10.1 Å². The van der Waals surface area contributed by atoms with Gasteiger partial charge in [-0.05, 0) is 61.4 Å². The minimum atomic E-state index is -3.24. The summed E-state index contributed by atoms with van der Waals surface area (Å²) >= 11 is 1.68. The second kappa shape index (κ2) is 8.51. The number of nitrogens with one attached hydrogen (secondary N) is 1. The molecule has 6 nitrogen and oxygen atoms in total. The molecule has 0 amide bonds. The van der Waals surface area contributed by atoms with E-state index >= 15 is 0 Å². The van der Waals surface area contributed by atoms with Crippen LogP contribution < -0.4 is 10.1 Å². The molecule has 29 heavy (non-hydrogen) atoms. The minimum Gasteiger partial charge on any atom is -0.474 e. The normalized spacial score (nSPS) is 14.8. The largest absolute Gasteiger partial charge is 0.474 e. The maximum atomic E-state index is 11.7. The van der Waals surface area contributed by atoms with E-state index in [4.69, 9.17) is 4.74 Å². The summed E-state index contributed by atoms with van der Waals surface area (Å²) < 4.78 is 29.5. The van der Waals surface area contributed by atoms with Crippen LogP contribution in [0.4, 0.5) is 5.82 Å². The van der Waals surface area contributed by atoms with Crippen molar-refractivity contribution in [3.8, 4) is 17.3 Å². The molecule has 0 unspecified atom stereocenters. The van der Waals surface area contributed by atoms with Crippen molar-refractivity contribution in [1.82, 2.24) is 9.97 Å². The Bertz CT molecular complexity index is 1060. The van der Waals surface area contributed by atoms with Gasteiger partial charge in [0.2, 0.25) is 5.88 Å². The second-order valence-electron chi connectivity index (χ2n) is 7.17. The van der Waals surface area contributed by atoms with Crippen molar-refractivity contribution in [1.29, 1.82) is 0 Å². The summed E-state index contributed by atoms with van der Waals surface area (Å²) in [5.74, 6) is 1.74. The van der Waals surface area contributed by atoms with Gasteiger partial charge in [0.1, 0.15) is 11.9 Å². The van der Waals surface area contributed by atoms with Crippen LogP contribution in [0.2, 0.25) is 0 Å². The molecule has 0 aliphatic heterocycles. The monoisotopic (exact) mass is 429 g/mol. The zero-order valence-corrected chi connectivity index (χ0v) is 17.8. The molecular weight excluding hydrogens is 406 g/mol. The highest BCUT2D eigenvalue weighted by atomic mass is 32.2. The van der Waals surface area contributed by atoms with E-state index in [0.717, 1.165) is 18.4 Å². The Labute approximate surface area is 174 Å². The van der Waals surface area contributed by atoms with Crippen molar-refractivity contribution in [2.75, 3.05) is 11.6 Å². The lowest BCUT2D eigenvalue weighted by Crippen LogP contribution is -2.13. The number of anilines is 1. The molecular formula is C21H23N3O3S2. The van der Waals surface area contributed by atoms with E-state index in [2.05, 4.69) is 21.4 Å². The molecule has 1 N–H and O–H groups in total. The first-order valence-corrected chi connectivity index (χ1v) is 12.4. The van der Waals surface area contributed by atoms with Gasteiger partial charge in [-0.25, -0.2) is 13.4 Å². The number of thiophene rings is 1. The van der Waals surface area contributed by atoms with Gasteiger partial charge in [0.05, 0.1) is 11.4 Å². The van der Waals surface area contributed by atoms with E-state index < -0.39 is 9.84 Å². The molecule has 8 heteroatoms. The summed E-state index contributed by atoms with van der Waals surface area (Å²) in [6.07, 6.45) is 5.83. The van der Waals surface area contributed by atoms with Crippen molar-refractivity contribution in [3.05, 3.63) is 52.7 Å². The first kappa shape index (κ1) is 19.8. The fraction of sp³-hybridized carbons (Fsp3) is 0.333. The molecule has 0 saturated heterocycles. The predicted molar refractivity (Wildman–Crippen MR) is 115 cm³/mol. The van der Waals surface area contributed by atoms with Gasteiger partial charge in [-0.1, -0.05) is 6.07 Å². The molecule has 152 valence electrons. The quantitative estimate of drug-likeness (QED) is 0.594. The number of nitrogens with zero attached hydrogens (tertiary/aromatic N) is 2. The van der Waals surface area contributed by atoms with E-state index in [0.29, 0.717) is 24.1 Å². The van der Waals surface area contributed by atoms with Gasteiger partial charge in [0.15, 0.2) is 15.7 Å². The summed E-state index contributed by atoms with van der Waals surface area (Å²) in [4.78, 5) is 10.7. The maximum Gasteiger partial charge on any atom is 0.219 e. The molecule has 0 bridgehead atoms. The van der Waals surface area contributed by atoms with Gasteiger partial charge >= 0.3 is 0 Å². The third kappa shape index (κ3) is 5.13. The number of hydrogen-bond donors (Lipinski definition) is 1. The summed E-state index contributed by atoms with van der Waals surface area (Å²) in [7, 11) is -3.24. The summed E-state index contributed by atoms with van der Waals surface area (Å²) in [6, 6.07) is 12.5. The van der Waals surface area contributed by atoms with Gasteiger partial charge in [0, 0.05) is 22.8 Å². The summed E-state index contributed by atoms with van der Waals surface area (Å²) in [5.41, 5.74) is 0.744. The molecule has 1 aromatic carbocycles. The molecule has 1 aliphatic rings. The Morgan fingerprint density at radius 3 is 2.55 bits per heavy atom. The highest BCUT2D eigenvalue weighted by Gasteiger charge is 2.18. The van der Waals surface area contributed by atoms with Crippen molar-refractivity contribution in [2.24, 2.45) is 0 Å². The topological polar surface area (TPSA) is 81.2 Å². The van der Waals surface area contributed by atoms with Crippen LogP contribution in [-0.2, 0) is 16.4 Å². The highest BCUT2D eigenvalue weighted by Crippen LogP contribution is 2.27. The molecule has 0 radical (unpaired) electrons. The Morgan fingerprint density at radius 2 is 1.90 bits per heavy atom. The smallest absolute Gasteiger partial charge is 0.219 e. The van der Waals surface area contributed by atoms with Crippen LogP contribution in [0.1, 0.15) is 30.6 Å². The average Bonchev–Trinajstić information content (AvgIpc) is 3.40. The molecule has 0 spiro atoms. The maximum absolute atomic E-state index is 11.7. The minimum absolute atomic E-state index is 0.190. The van der Waals surface area contributed by atoms with Crippen LogP contribution in [0.25, 0.3) is 11.4 Å². The Balaban J connectivity index is 1.62. The van der Waals surface area contributed by atoms with Crippen LogP contribution in [0.15, 0.2) is 52.7 Å². The van der Waals surface area contributed by atoms with Crippen molar-refractivity contribution in [2.45, 2.75) is 43.2 Å². The summed E-state index contributed by atoms with van der Waals surface area (Å²) in [5, 5.41) is 5.38. The first-order valence-electron chi connectivity index (χ1n) is 9.60. The van der Waals surface area contributed by atoms with Crippen LogP contribution in [0, 0.1) is 0 Å². The van der Waals surface area contributed by atoms with Gasteiger partial charge in [-0.2, -0.15) is 4.98 Å². The van der Waals surface area contributed by atoms with E-state index in [1.807, 2.05) is 17.5 Å². The van der Waals surface area contributed by atoms with Gasteiger partial charge in [0.25, 0.3) is 0 Å². The van der Waals surface area contributed by atoms with Crippen molar-refractivity contribution >= 4 is 27.0 Å². The lowest BCUT2D eigenvalue weighted by atomic mass is 10.2. The van der Waals surface area contributed by atoms with E-state index in [-0.39, 0.29) is 11.0 Å². The number of aromatic nitrogens is 2. The number of rotatable bonds is 7. The van der Waals surface area contributed by atoms with Crippen molar-refractivity contribution in [3.63, 3.8) is 0 Å². The Kier molecular flexibility index (Phi) is 5.82. The number of sulfone groups is 1. The van der Waals surface area contributed by atoms with Crippen LogP contribution in [-0.4, -0.2) is 30.7 Å². The van der Waals surface area contributed by atoms with Gasteiger partial charge in [-0.3, -0.25) is 0 Å². The zero-order chi connectivity index (χ0) is 20.3. The van der Waals surface area contributed by atoms with Crippen LogP contribution >= 0.6 is 11.3 Å². The molecule has 3 aromatic rings. The van der Waals surface area contributed by atoms with Crippen LogP contribution in [0.3, 0.4) is 0 Å². The van der Waals surface area contributed by atoms with Crippen molar-refractivity contribution < 1.29 is 13.2 Å². The SMILES string of the molecule is CS(=O)(=O)c1ccc(-c2nc(NCc3cccs3)cc(OC3CCCC3)n2)cc1. The third-order valence-corrected chi connectivity index (χ3v) is 6.86. The molecule has 2 heterocycles.